The summed E-state index contributed by atoms with van der Waals surface area (Å²) in [6.07, 6.45) is 1.42. The molecule has 2 rings (SSSR count). The van der Waals surface area contributed by atoms with Crippen molar-refractivity contribution in [2.45, 2.75) is 0 Å². The predicted octanol–water partition coefficient (Wildman–Crippen LogP) is 1.92. The minimum Gasteiger partial charge on any atom is -0.497 e. The first kappa shape index (κ1) is 13.9. The van der Waals surface area contributed by atoms with Gasteiger partial charge in [0.25, 0.3) is 0 Å². The number of hydrazine groups is 1. The van der Waals surface area contributed by atoms with Crippen LogP contribution in [0.25, 0.3) is 0 Å². The summed E-state index contributed by atoms with van der Waals surface area (Å²) in [4.78, 5) is 11.6. The fourth-order valence-corrected chi connectivity index (χ4v) is 1.61. The van der Waals surface area contributed by atoms with Crippen molar-refractivity contribution >= 4 is 28.9 Å². The molecule has 0 radical (unpaired) electrons. The first-order chi connectivity index (χ1) is 9.69. The van der Waals surface area contributed by atoms with Crippen molar-refractivity contribution in [1.82, 2.24) is 10.9 Å². The number of carbonyl (C=O) groups is 1. The van der Waals surface area contributed by atoms with E-state index in [0.29, 0.717) is 5.75 Å². The van der Waals surface area contributed by atoms with Gasteiger partial charge in [0.05, 0.1) is 13.4 Å². The van der Waals surface area contributed by atoms with Crippen LogP contribution in [0.2, 0.25) is 0 Å². The second-order valence-corrected chi connectivity index (χ2v) is 4.15. The molecule has 0 fully saturated rings. The molecule has 2 aromatic rings. The average Bonchev–Trinajstić information content (AvgIpc) is 2.99. The molecule has 20 heavy (non-hydrogen) atoms. The van der Waals surface area contributed by atoms with Gasteiger partial charge in [0.2, 0.25) is 0 Å². The van der Waals surface area contributed by atoms with Crippen molar-refractivity contribution in [3.8, 4) is 5.75 Å². The molecule has 0 unspecified atom stereocenters. The number of rotatable bonds is 3. The molecule has 0 saturated heterocycles. The highest BCUT2D eigenvalue weighted by atomic mass is 32.1. The molecule has 0 saturated carbocycles. The molecule has 7 heteroatoms. The number of anilines is 1. The number of furan rings is 1. The summed E-state index contributed by atoms with van der Waals surface area (Å²) in [5.74, 6) is 0.490. The minimum absolute atomic E-state index is 0.196. The molecule has 104 valence electrons. The second-order valence-electron chi connectivity index (χ2n) is 3.74. The molecule has 6 nitrogen and oxygen atoms in total. The lowest BCUT2D eigenvalue weighted by molar-refractivity contribution is 0.0916. The second kappa shape index (κ2) is 6.58. The maximum atomic E-state index is 11.6. The summed E-state index contributed by atoms with van der Waals surface area (Å²) < 4.78 is 10.0. The average molecular weight is 291 g/mol. The molecule has 0 aliphatic carbocycles. The molecule has 0 bridgehead atoms. The van der Waals surface area contributed by atoms with E-state index >= 15 is 0 Å². The third-order valence-electron chi connectivity index (χ3n) is 2.36. The van der Waals surface area contributed by atoms with Gasteiger partial charge in [-0.05, 0) is 36.5 Å². The molecule has 0 aliphatic heterocycles. The van der Waals surface area contributed by atoms with E-state index < -0.39 is 5.91 Å². The third-order valence-corrected chi connectivity index (χ3v) is 2.57. The van der Waals surface area contributed by atoms with E-state index in [9.17, 15) is 4.79 Å². The molecular weight excluding hydrogens is 278 g/mol. The SMILES string of the molecule is COc1cccc(NC(=S)NNC(=O)c2ccco2)c1. The Labute approximate surface area is 121 Å². The van der Waals surface area contributed by atoms with Crippen LogP contribution in [-0.4, -0.2) is 18.1 Å². The summed E-state index contributed by atoms with van der Waals surface area (Å²) >= 11 is 5.05. The molecule has 0 atom stereocenters. The molecule has 0 spiro atoms. The summed E-state index contributed by atoms with van der Waals surface area (Å²) in [6, 6.07) is 10.4. The van der Waals surface area contributed by atoms with E-state index in [1.807, 2.05) is 18.2 Å². The van der Waals surface area contributed by atoms with E-state index in [1.54, 1.807) is 25.3 Å². The Morgan fingerprint density at radius 1 is 1.25 bits per heavy atom. The molecule has 3 N–H and O–H groups in total. The molecule has 0 aliphatic rings. The van der Waals surface area contributed by atoms with Gasteiger partial charge in [-0.25, -0.2) is 0 Å². The summed E-state index contributed by atoms with van der Waals surface area (Å²) in [5, 5.41) is 3.16. The van der Waals surface area contributed by atoms with Crippen molar-refractivity contribution < 1.29 is 13.9 Å². The Morgan fingerprint density at radius 2 is 2.10 bits per heavy atom. The van der Waals surface area contributed by atoms with Crippen LogP contribution in [0.3, 0.4) is 0 Å². The minimum atomic E-state index is -0.412. The first-order valence-electron chi connectivity index (χ1n) is 5.74. The Morgan fingerprint density at radius 3 is 2.80 bits per heavy atom. The maximum Gasteiger partial charge on any atom is 0.305 e. The van der Waals surface area contributed by atoms with Crippen molar-refractivity contribution in [1.29, 1.82) is 0 Å². The van der Waals surface area contributed by atoms with Crippen LogP contribution in [0.1, 0.15) is 10.6 Å². The van der Waals surface area contributed by atoms with Gasteiger partial charge >= 0.3 is 5.91 Å². The van der Waals surface area contributed by atoms with Gasteiger partial charge in [0, 0.05) is 11.8 Å². The zero-order valence-corrected chi connectivity index (χ0v) is 11.5. The highest BCUT2D eigenvalue weighted by molar-refractivity contribution is 7.80. The van der Waals surface area contributed by atoms with Gasteiger partial charge in [-0.1, -0.05) is 6.07 Å². The fraction of sp³-hybridized carbons (Fsp3) is 0.0769. The predicted molar refractivity (Wildman–Crippen MR) is 78.5 cm³/mol. The summed E-state index contributed by atoms with van der Waals surface area (Å²) in [6.45, 7) is 0. The quantitative estimate of drug-likeness (QED) is 0.592. The van der Waals surface area contributed by atoms with Gasteiger partial charge in [0.15, 0.2) is 10.9 Å². The van der Waals surface area contributed by atoms with Crippen LogP contribution in [-0.2, 0) is 0 Å². The highest BCUT2D eigenvalue weighted by Crippen LogP contribution is 2.16. The smallest absolute Gasteiger partial charge is 0.305 e. The Hall–Kier alpha value is -2.54. The zero-order chi connectivity index (χ0) is 14.4. The summed E-state index contributed by atoms with van der Waals surface area (Å²) in [7, 11) is 1.58. The third kappa shape index (κ3) is 3.72. The van der Waals surface area contributed by atoms with Crippen LogP contribution in [0.4, 0.5) is 5.69 Å². The number of carbonyl (C=O) groups excluding carboxylic acids is 1. The van der Waals surface area contributed by atoms with Crippen molar-refractivity contribution in [3.63, 3.8) is 0 Å². The zero-order valence-electron chi connectivity index (χ0n) is 10.7. The van der Waals surface area contributed by atoms with Crippen LogP contribution in [0, 0.1) is 0 Å². The van der Waals surface area contributed by atoms with Gasteiger partial charge in [-0.3, -0.25) is 15.6 Å². The van der Waals surface area contributed by atoms with E-state index in [1.165, 1.54) is 6.26 Å². The Kier molecular flexibility index (Phi) is 4.56. The first-order valence-corrected chi connectivity index (χ1v) is 6.15. The number of hydrogen-bond donors (Lipinski definition) is 3. The lowest BCUT2D eigenvalue weighted by Gasteiger charge is -2.11. The van der Waals surface area contributed by atoms with Crippen LogP contribution >= 0.6 is 12.2 Å². The lowest BCUT2D eigenvalue weighted by Crippen LogP contribution is -2.43. The van der Waals surface area contributed by atoms with E-state index in [-0.39, 0.29) is 10.9 Å². The maximum absolute atomic E-state index is 11.6. The van der Waals surface area contributed by atoms with Gasteiger partial charge in [-0.2, -0.15) is 0 Å². The van der Waals surface area contributed by atoms with Gasteiger partial charge in [-0.15, -0.1) is 0 Å². The van der Waals surface area contributed by atoms with Crippen LogP contribution in [0.15, 0.2) is 47.1 Å². The molecular formula is C13H13N3O3S. The number of ether oxygens (including phenoxy) is 1. The molecule has 1 aromatic heterocycles. The van der Waals surface area contributed by atoms with E-state index in [4.69, 9.17) is 21.4 Å². The number of benzene rings is 1. The van der Waals surface area contributed by atoms with E-state index in [0.717, 1.165) is 5.69 Å². The largest absolute Gasteiger partial charge is 0.497 e. The van der Waals surface area contributed by atoms with Gasteiger partial charge in [0.1, 0.15) is 5.75 Å². The molecule has 1 aromatic carbocycles. The fourth-order valence-electron chi connectivity index (χ4n) is 1.45. The number of amides is 1. The topological polar surface area (TPSA) is 75.5 Å². The number of nitrogens with one attached hydrogen (secondary N) is 3. The van der Waals surface area contributed by atoms with Gasteiger partial charge < -0.3 is 14.5 Å². The van der Waals surface area contributed by atoms with Crippen molar-refractivity contribution in [2.75, 3.05) is 12.4 Å². The molecule has 1 amide bonds. The number of thiocarbonyl (C=S) groups is 1. The van der Waals surface area contributed by atoms with Crippen molar-refractivity contribution in [2.24, 2.45) is 0 Å². The Balaban J connectivity index is 1.85. The van der Waals surface area contributed by atoms with Crippen LogP contribution < -0.4 is 20.9 Å². The highest BCUT2D eigenvalue weighted by Gasteiger charge is 2.08. The van der Waals surface area contributed by atoms with Crippen molar-refractivity contribution in [3.05, 3.63) is 48.4 Å². The normalized spacial score (nSPS) is 9.65. The van der Waals surface area contributed by atoms with E-state index in [2.05, 4.69) is 16.2 Å². The lowest BCUT2D eigenvalue weighted by atomic mass is 10.3. The monoisotopic (exact) mass is 291 g/mol. The Bertz CT molecular complexity index is 599. The number of methoxy groups -OCH3 is 1. The molecule has 1 heterocycles. The number of hydrogen-bond acceptors (Lipinski definition) is 4. The summed E-state index contributed by atoms with van der Waals surface area (Å²) in [5.41, 5.74) is 5.74. The standard InChI is InChI=1S/C13H13N3O3S/c1-18-10-5-2-4-9(8-10)14-13(20)16-15-12(17)11-6-3-7-19-11/h2-8H,1H3,(H,15,17)(H2,14,16,20). The van der Waals surface area contributed by atoms with Crippen LogP contribution in [0.5, 0.6) is 5.75 Å².